The van der Waals surface area contributed by atoms with E-state index in [4.69, 9.17) is 28.9 Å². The van der Waals surface area contributed by atoms with Gasteiger partial charge in [0, 0.05) is 5.56 Å². The number of nitrogens with two attached hydrogens (primary N) is 1. The van der Waals surface area contributed by atoms with E-state index in [0.29, 0.717) is 15.6 Å². The zero-order chi connectivity index (χ0) is 14.2. The Labute approximate surface area is 122 Å². The average Bonchev–Trinajstić information content (AvgIpc) is 2.31. The number of benzene rings is 2. The van der Waals surface area contributed by atoms with Gasteiger partial charge in [0.15, 0.2) is 0 Å². The quantitative estimate of drug-likeness (QED) is 0.847. The van der Waals surface area contributed by atoms with Gasteiger partial charge in [-0.25, -0.2) is 4.39 Å². The number of rotatable bonds is 2. The van der Waals surface area contributed by atoms with Gasteiger partial charge in [-0.1, -0.05) is 35.3 Å². The lowest BCUT2D eigenvalue weighted by atomic mass is 9.94. The van der Waals surface area contributed by atoms with Gasteiger partial charge in [-0.2, -0.15) is 0 Å². The summed E-state index contributed by atoms with van der Waals surface area (Å²) in [5.41, 5.74) is 9.08. The first-order valence-electron chi connectivity index (χ1n) is 5.87. The van der Waals surface area contributed by atoms with Crippen molar-refractivity contribution in [1.29, 1.82) is 0 Å². The van der Waals surface area contributed by atoms with Crippen LogP contribution < -0.4 is 5.73 Å². The van der Waals surface area contributed by atoms with E-state index in [1.807, 2.05) is 19.9 Å². The summed E-state index contributed by atoms with van der Waals surface area (Å²) < 4.78 is 14.1. The fourth-order valence-electron chi connectivity index (χ4n) is 2.19. The molecule has 0 saturated heterocycles. The zero-order valence-electron chi connectivity index (χ0n) is 10.7. The molecule has 4 heteroatoms. The molecule has 0 aliphatic rings. The van der Waals surface area contributed by atoms with Gasteiger partial charge in [0.1, 0.15) is 5.82 Å². The molecule has 0 fully saturated rings. The Balaban J connectivity index is 2.49. The van der Waals surface area contributed by atoms with Gasteiger partial charge in [-0.05, 0) is 48.7 Å². The van der Waals surface area contributed by atoms with E-state index < -0.39 is 6.04 Å². The zero-order valence-corrected chi connectivity index (χ0v) is 12.2. The Bertz CT molecular complexity index is 603. The van der Waals surface area contributed by atoms with Crippen LogP contribution in [0.25, 0.3) is 0 Å². The second-order valence-electron chi connectivity index (χ2n) is 4.63. The lowest BCUT2D eigenvalue weighted by Crippen LogP contribution is -2.15. The van der Waals surface area contributed by atoms with Crippen molar-refractivity contribution in [3.05, 3.63) is 68.4 Å². The summed E-state index contributed by atoms with van der Waals surface area (Å²) in [5.74, 6) is -0.295. The summed E-state index contributed by atoms with van der Waals surface area (Å²) in [5, 5.41) is 0.874. The second-order valence-corrected chi connectivity index (χ2v) is 5.44. The molecule has 0 saturated carbocycles. The lowest BCUT2D eigenvalue weighted by Gasteiger charge is -2.17. The highest BCUT2D eigenvalue weighted by atomic mass is 35.5. The molecule has 2 aromatic carbocycles. The van der Waals surface area contributed by atoms with E-state index in [1.165, 1.54) is 6.07 Å². The van der Waals surface area contributed by atoms with Gasteiger partial charge in [0.05, 0.1) is 16.1 Å². The van der Waals surface area contributed by atoms with Crippen LogP contribution in [0.2, 0.25) is 10.0 Å². The first-order valence-corrected chi connectivity index (χ1v) is 6.63. The van der Waals surface area contributed by atoms with Crippen LogP contribution in [-0.4, -0.2) is 0 Å². The maximum atomic E-state index is 14.1. The van der Waals surface area contributed by atoms with Crippen molar-refractivity contribution in [2.45, 2.75) is 19.9 Å². The molecule has 0 bridgehead atoms. The SMILES string of the molecule is Cc1cc(C)c(C(N)c2ccc(Cl)c(Cl)c2)c(F)c1. The predicted molar refractivity (Wildman–Crippen MR) is 78.4 cm³/mol. The molecule has 1 unspecified atom stereocenters. The summed E-state index contributed by atoms with van der Waals surface area (Å²) in [7, 11) is 0. The molecule has 1 nitrogen and oxygen atoms in total. The summed E-state index contributed by atoms with van der Waals surface area (Å²) >= 11 is 11.8. The smallest absolute Gasteiger partial charge is 0.128 e. The Morgan fingerprint density at radius 3 is 2.32 bits per heavy atom. The minimum atomic E-state index is -0.560. The van der Waals surface area contributed by atoms with Gasteiger partial charge < -0.3 is 5.73 Å². The van der Waals surface area contributed by atoms with Gasteiger partial charge in [-0.3, -0.25) is 0 Å². The summed E-state index contributed by atoms with van der Waals surface area (Å²) in [6.07, 6.45) is 0. The van der Waals surface area contributed by atoms with E-state index in [1.54, 1.807) is 18.2 Å². The molecule has 0 spiro atoms. The normalized spacial score (nSPS) is 12.5. The molecule has 0 aliphatic heterocycles. The van der Waals surface area contributed by atoms with Crippen LogP contribution in [0.3, 0.4) is 0 Å². The summed E-state index contributed by atoms with van der Waals surface area (Å²) in [6.45, 7) is 3.70. The van der Waals surface area contributed by atoms with Crippen molar-refractivity contribution in [3.63, 3.8) is 0 Å². The molecule has 0 radical (unpaired) electrons. The van der Waals surface area contributed by atoms with Crippen LogP contribution in [0.4, 0.5) is 4.39 Å². The Morgan fingerprint density at radius 1 is 1.05 bits per heavy atom. The molecule has 0 aromatic heterocycles. The fraction of sp³-hybridized carbons (Fsp3) is 0.200. The third kappa shape index (κ3) is 2.92. The molecule has 2 rings (SSSR count). The molecular formula is C15H14Cl2FN. The van der Waals surface area contributed by atoms with Crippen molar-refractivity contribution in [1.82, 2.24) is 0 Å². The van der Waals surface area contributed by atoms with E-state index >= 15 is 0 Å². The highest BCUT2D eigenvalue weighted by molar-refractivity contribution is 6.42. The molecule has 2 N–H and O–H groups in total. The van der Waals surface area contributed by atoms with Gasteiger partial charge in [0.2, 0.25) is 0 Å². The number of aryl methyl sites for hydroxylation is 2. The molecule has 19 heavy (non-hydrogen) atoms. The molecule has 0 amide bonds. The standard InChI is InChI=1S/C15H14Cl2FN/c1-8-5-9(2)14(13(18)6-8)15(19)10-3-4-11(16)12(17)7-10/h3-7,15H,19H2,1-2H3. The maximum absolute atomic E-state index is 14.1. The summed E-state index contributed by atoms with van der Waals surface area (Å²) in [6, 6.07) is 7.94. The predicted octanol–water partition coefficient (Wildman–Crippen LogP) is 4.80. The first-order chi connectivity index (χ1) is 8.90. The van der Waals surface area contributed by atoms with E-state index in [2.05, 4.69) is 0 Å². The number of hydrogen-bond acceptors (Lipinski definition) is 1. The number of hydrogen-bond donors (Lipinski definition) is 1. The van der Waals surface area contributed by atoms with Crippen LogP contribution in [0.5, 0.6) is 0 Å². The third-order valence-corrected chi connectivity index (χ3v) is 3.83. The minimum absolute atomic E-state index is 0.295. The van der Waals surface area contributed by atoms with E-state index in [-0.39, 0.29) is 5.82 Å². The highest BCUT2D eigenvalue weighted by Crippen LogP contribution is 2.30. The van der Waals surface area contributed by atoms with Crippen molar-refractivity contribution >= 4 is 23.2 Å². The largest absolute Gasteiger partial charge is 0.320 e. The van der Waals surface area contributed by atoms with Crippen molar-refractivity contribution < 1.29 is 4.39 Å². The Morgan fingerprint density at radius 2 is 1.74 bits per heavy atom. The van der Waals surface area contributed by atoms with Crippen LogP contribution in [-0.2, 0) is 0 Å². The highest BCUT2D eigenvalue weighted by Gasteiger charge is 2.17. The van der Waals surface area contributed by atoms with Crippen molar-refractivity contribution in [3.8, 4) is 0 Å². The van der Waals surface area contributed by atoms with Crippen LogP contribution in [0.15, 0.2) is 30.3 Å². The van der Waals surface area contributed by atoms with E-state index in [9.17, 15) is 4.39 Å². The van der Waals surface area contributed by atoms with Gasteiger partial charge >= 0.3 is 0 Å². The molecule has 0 aliphatic carbocycles. The molecule has 1 atom stereocenters. The average molecular weight is 298 g/mol. The minimum Gasteiger partial charge on any atom is -0.320 e. The Hall–Kier alpha value is -1.09. The summed E-state index contributed by atoms with van der Waals surface area (Å²) in [4.78, 5) is 0. The van der Waals surface area contributed by atoms with Crippen molar-refractivity contribution in [2.24, 2.45) is 5.73 Å². The van der Waals surface area contributed by atoms with Gasteiger partial charge in [0.25, 0.3) is 0 Å². The first kappa shape index (κ1) is 14.3. The van der Waals surface area contributed by atoms with E-state index in [0.717, 1.165) is 16.7 Å². The van der Waals surface area contributed by atoms with Crippen LogP contribution >= 0.6 is 23.2 Å². The monoisotopic (exact) mass is 297 g/mol. The molecule has 100 valence electrons. The fourth-order valence-corrected chi connectivity index (χ4v) is 2.50. The maximum Gasteiger partial charge on any atom is 0.128 e. The molecular weight excluding hydrogens is 284 g/mol. The number of halogens is 3. The second kappa shape index (κ2) is 5.49. The third-order valence-electron chi connectivity index (χ3n) is 3.09. The van der Waals surface area contributed by atoms with Gasteiger partial charge in [-0.15, -0.1) is 0 Å². The topological polar surface area (TPSA) is 26.0 Å². The van der Waals surface area contributed by atoms with Crippen molar-refractivity contribution in [2.75, 3.05) is 0 Å². The molecule has 2 aromatic rings. The molecule has 0 heterocycles. The van der Waals surface area contributed by atoms with Crippen LogP contribution in [0.1, 0.15) is 28.3 Å². The Kier molecular flexibility index (Phi) is 4.14. The lowest BCUT2D eigenvalue weighted by molar-refractivity contribution is 0.596. The van der Waals surface area contributed by atoms with Crippen LogP contribution in [0, 0.1) is 19.7 Å².